The van der Waals surface area contributed by atoms with E-state index in [1.54, 1.807) is 30.3 Å². The Labute approximate surface area is 203 Å². The molecule has 176 valence electrons. The topological polar surface area (TPSA) is 82.1 Å². The SMILES string of the molecule is COC(=O)c1ccc(-c2ccc(C(=O)O)c(OCc3ccccc3)c2)cc1OCc1ccccc1. The summed E-state index contributed by atoms with van der Waals surface area (Å²) in [6.45, 7) is 0.509. The summed E-state index contributed by atoms with van der Waals surface area (Å²) in [5.74, 6) is -0.963. The first-order valence-corrected chi connectivity index (χ1v) is 11.0. The van der Waals surface area contributed by atoms with E-state index in [9.17, 15) is 14.7 Å². The summed E-state index contributed by atoms with van der Waals surface area (Å²) in [4.78, 5) is 24.1. The monoisotopic (exact) mass is 468 g/mol. The van der Waals surface area contributed by atoms with Crippen LogP contribution in [0.4, 0.5) is 0 Å². The Morgan fingerprint density at radius 1 is 0.657 bits per heavy atom. The van der Waals surface area contributed by atoms with E-state index in [2.05, 4.69) is 0 Å². The fraction of sp³-hybridized carbons (Fsp3) is 0.103. The third kappa shape index (κ3) is 5.86. The summed E-state index contributed by atoms with van der Waals surface area (Å²) in [5, 5.41) is 9.62. The smallest absolute Gasteiger partial charge is 0.341 e. The van der Waals surface area contributed by atoms with Crippen molar-refractivity contribution >= 4 is 11.9 Å². The number of ether oxygens (including phenoxy) is 3. The molecular formula is C29H24O6. The molecule has 6 nitrogen and oxygen atoms in total. The second-order valence-corrected chi connectivity index (χ2v) is 7.77. The number of methoxy groups -OCH3 is 1. The van der Waals surface area contributed by atoms with Crippen LogP contribution in [-0.4, -0.2) is 24.2 Å². The molecule has 4 aromatic carbocycles. The number of carboxylic acids is 1. The standard InChI is InChI=1S/C29H24O6/c1-33-29(32)25-15-13-23(17-27(25)35-19-21-10-6-3-7-11-21)22-12-14-24(28(30)31)26(16-22)34-18-20-8-4-2-5-9-20/h2-17H,18-19H2,1H3,(H,30,31). The van der Waals surface area contributed by atoms with Gasteiger partial charge in [-0.1, -0.05) is 72.8 Å². The zero-order valence-corrected chi connectivity index (χ0v) is 19.1. The van der Waals surface area contributed by atoms with Gasteiger partial charge >= 0.3 is 11.9 Å². The van der Waals surface area contributed by atoms with Crippen molar-refractivity contribution in [3.63, 3.8) is 0 Å². The van der Waals surface area contributed by atoms with Gasteiger partial charge in [-0.15, -0.1) is 0 Å². The van der Waals surface area contributed by atoms with Crippen LogP contribution in [0.3, 0.4) is 0 Å². The summed E-state index contributed by atoms with van der Waals surface area (Å²) in [6.07, 6.45) is 0. The summed E-state index contributed by atoms with van der Waals surface area (Å²) in [7, 11) is 1.32. The maximum Gasteiger partial charge on any atom is 0.341 e. The molecule has 0 aliphatic carbocycles. The summed E-state index contributed by atoms with van der Waals surface area (Å²) >= 11 is 0. The van der Waals surface area contributed by atoms with Gasteiger partial charge in [-0.25, -0.2) is 9.59 Å². The first-order valence-electron chi connectivity index (χ1n) is 11.0. The van der Waals surface area contributed by atoms with Gasteiger partial charge in [0.2, 0.25) is 0 Å². The number of benzene rings is 4. The number of esters is 1. The minimum absolute atomic E-state index is 0.0661. The predicted octanol–water partition coefficient (Wildman–Crippen LogP) is 6.00. The first kappa shape index (κ1) is 23.6. The van der Waals surface area contributed by atoms with Crippen LogP contribution < -0.4 is 9.47 Å². The molecule has 0 heterocycles. The highest BCUT2D eigenvalue weighted by molar-refractivity contribution is 5.94. The number of carbonyl (C=O) groups excluding carboxylic acids is 1. The molecule has 0 aliphatic heterocycles. The van der Waals surface area contributed by atoms with Crippen LogP contribution in [0.2, 0.25) is 0 Å². The predicted molar refractivity (Wildman–Crippen MR) is 132 cm³/mol. The molecule has 0 bridgehead atoms. The lowest BCUT2D eigenvalue weighted by Crippen LogP contribution is -2.06. The van der Waals surface area contributed by atoms with E-state index in [1.807, 2.05) is 60.7 Å². The average molecular weight is 469 g/mol. The Bertz CT molecular complexity index is 1320. The molecule has 0 amide bonds. The molecule has 0 radical (unpaired) electrons. The fourth-order valence-corrected chi connectivity index (χ4v) is 3.57. The highest BCUT2D eigenvalue weighted by Gasteiger charge is 2.17. The van der Waals surface area contributed by atoms with Crippen LogP contribution in [0.15, 0.2) is 97.1 Å². The molecule has 4 aromatic rings. The van der Waals surface area contributed by atoms with Crippen LogP contribution in [0.1, 0.15) is 31.8 Å². The largest absolute Gasteiger partial charge is 0.488 e. The Hall–Kier alpha value is -4.58. The Morgan fingerprint density at radius 2 is 1.11 bits per heavy atom. The normalized spacial score (nSPS) is 10.4. The number of carbonyl (C=O) groups is 2. The van der Waals surface area contributed by atoms with Gasteiger partial charge in [0.1, 0.15) is 35.8 Å². The van der Waals surface area contributed by atoms with Crippen LogP contribution >= 0.6 is 0 Å². The second-order valence-electron chi connectivity index (χ2n) is 7.77. The summed E-state index contributed by atoms with van der Waals surface area (Å²) in [6, 6.07) is 29.2. The van der Waals surface area contributed by atoms with E-state index in [-0.39, 0.29) is 24.5 Å². The Balaban J connectivity index is 1.65. The minimum Gasteiger partial charge on any atom is -0.488 e. The van der Waals surface area contributed by atoms with E-state index in [0.717, 1.165) is 22.3 Å². The Morgan fingerprint density at radius 3 is 1.57 bits per heavy atom. The van der Waals surface area contributed by atoms with Crippen LogP contribution in [0.5, 0.6) is 11.5 Å². The van der Waals surface area contributed by atoms with Gasteiger partial charge in [-0.2, -0.15) is 0 Å². The van der Waals surface area contributed by atoms with Gasteiger partial charge in [0.05, 0.1) is 7.11 Å². The maximum atomic E-state index is 12.3. The maximum absolute atomic E-state index is 12.3. The zero-order chi connectivity index (χ0) is 24.6. The zero-order valence-electron chi connectivity index (χ0n) is 19.1. The summed E-state index contributed by atoms with van der Waals surface area (Å²) < 4.78 is 16.8. The fourth-order valence-electron chi connectivity index (χ4n) is 3.57. The molecule has 0 saturated carbocycles. The van der Waals surface area contributed by atoms with E-state index in [1.165, 1.54) is 13.2 Å². The third-order valence-electron chi connectivity index (χ3n) is 5.41. The number of rotatable bonds is 9. The number of hydrogen-bond donors (Lipinski definition) is 1. The molecule has 0 aromatic heterocycles. The second kappa shape index (κ2) is 11.0. The Kier molecular flexibility index (Phi) is 7.43. The highest BCUT2D eigenvalue weighted by atomic mass is 16.5. The summed E-state index contributed by atoms with van der Waals surface area (Å²) in [5.41, 5.74) is 3.71. The van der Waals surface area contributed by atoms with Crippen molar-refractivity contribution < 1.29 is 28.9 Å². The van der Waals surface area contributed by atoms with Crippen molar-refractivity contribution in [2.24, 2.45) is 0 Å². The third-order valence-corrected chi connectivity index (χ3v) is 5.41. The molecule has 0 atom stereocenters. The van der Waals surface area contributed by atoms with Crippen LogP contribution in [0.25, 0.3) is 11.1 Å². The van der Waals surface area contributed by atoms with Gasteiger partial charge in [0.15, 0.2) is 0 Å². The van der Waals surface area contributed by atoms with Gasteiger partial charge in [-0.3, -0.25) is 0 Å². The lowest BCUT2D eigenvalue weighted by atomic mass is 10.0. The molecule has 0 fully saturated rings. The minimum atomic E-state index is -1.08. The molecular weight excluding hydrogens is 444 g/mol. The molecule has 0 aliphatic rings. The molecule has 0 saturated heterocycles. The number of carboxylic acid groups (broad SMARTS) is 1. The molecule has 0 spiro atoms. The van der Waals surface area contributed by atoms with Crippen molar-refractivity contribution in [2.75, 3.05) is 7.11 Å². The van der Waals surface area contributed by atoms with Crippen LogP contribution in [-0.2, 0) is 18.0 Å². The van der Waals surface area contributed by atoms with Crippen molar-refractivity contribution in [1.82, 2.24) is 0 Å². The average Bonchev–Trinajstić information content (AvgIpc) is 2.91. The first-order chi connectivity index (χ1) is 17.0. The van der Waals surface area contributed by atoms with E-state index < -0.39 is 11.9 Å². The number of hydrogen-bond acceptors (Lipinski definition) is 5. The van der Waals surface area contributed by atoms with Gasteiger partial charge < -0.3 is 19.3 Å². The van der Waals surface area contributed by atoms with Crippen molar-refractivity contribution in [3.05, 3.63) is 119 Å². The van der Waals surface area contributed by atoms with Crippen molar-refractivity contribution in [3.8, 4) is 22.6 Å². The van der Waals surface area contributed by atoms with Gasteiger partial charge in [0.25, 0.3) is 0 Å². The highest BCUT2D eigenvalue weighted by Crippen LogP contribution is 2.32. The number of aromatic carboxylic acids is 1. The molecule has 6 heteroatoms. The molecule has 35 heavy (non-hydrogen) atoms. The quantitative estimate of drug-likeness (QED) is 0.304. The van der Waals surface area contributed by atoms with E-state index in [0.29, 0.717) is 11.3 Å². The van der Waals surface area contributed by atoms with E-state index in [4.69, 9.17) is 14.2 Å². The van der Waals surface area contributed by atoms with Crippen molar-refractivity contribution in [1.29, 1.82) is 0 Å². The lowest BCUT2D eigenvalue weighted by Gasteiger charge is -2.14. The van der Waals surface area contributed by atoms with Crippen molar-refractivity contribution in [2.45, 2.75) is 13.2 Å². The molecule has 4 rings (SSSR count). The molecule has 1 N–H and O–H groups in total. The van der Waals surface area contributed by atoms with Gasteiger partial charge in [-0.05, 0) is 46.5 Å². The molecule has 0 unspecified atom stereocenters. The van der Waals surface area contributed by atoms with Gasteiger partial charge in [0, 0.05) is 0 Å². The van der Waals surface area contributed by atoms with Crippen LogP contribution in [0, 0.1) is 0 Å². The van der Waals surface area contributed by atoms with E-state index >= 15 is 0 Å². The lowest BCUT2D eigenvalue weighted by molar-refractivity contribution is 0.0594.